The molecule has 28 heavy (non-hydrogen) atoms. The highest BCUT2D eigenvalue weighted by molar-refractivity contribution is 5.57. The smallest absolute Gasteiger partial charge is 0.233 e. The largest absolute Gasteiger partial charge is 0.487 e. The lowest BCUT2D eigenvalue weighted by Crippen LogP contribution is -2.40. The van der Waals surface area contributed by atoms with Crippen molar-refractivity contribution in [1.82, 2.24) is 20.3 Å². The molecule has 1 aliphatic carbocycles. The fraction of sp³-hybridized carbons (Fsp3) is 0.526. The fourth-order valence-corrected chi connectivity index (χ4v) is 3.39. The van der Waals surface area contributed by atoms with Gasteiger partial charge < -0.3 is 26.4 Å². The standard InChI is InChI=1S/C19H26FN7O/c1-2-14(15-4-3-9-22-15)24-19-26-17(21)25-18(27-19)23-11-5-8-16(13(20)10-11)28-12-6-7-12/h5,8,10,12,14-15,22H,2-4,6-7,9H2,1H3,(H4,21,23,24,25,26,27). The molecule has 0 amide bonds. The summed E-state index contributed by atoms with van der Waals surface area (Å²) in [6.45, 7) is 3.15. The van der Waals surface area contributed by atoms with Crippen molar-refractivity contribution in [3.63, 3.8) is 0 Å². The molecule has 2 unspecified atom stereocenters. The highest BCUT2D eigenvalue weighted by atomic mass is 19.1. The van der Waals surface area contributed by atoms with Crippen molar-refractivity contribution in [2.24, 2.45) is 0 Å². The summed E-state index contributed by atoms with van der Waals surface area (Å²) in [4.78, 5) is 12.7. The van der Waals surface area contributed by atoms with Gasteiger partial charge in [-0.1, -0.05) is 6.92 Å². The summed E-state index contributed by atoms with van der Waals surface area (Å²) in [6.07, 6.45) is 5.32. The van der Waals surface area contributed by atoms with E-state index in [0.717, 1.165) is 32.2 Å². The number of nitrogens with two attached hydrogens (primary N) is 1. The van der Waals surface area contributed by atoms with E-state index in [2.05, 4.69) is 37.8 Å². The maximum Gasteiger partial charge on any atom is 0.233 e. The van der Waals surface area contributed by atoms with Crippen molar-refractivity contribution in [3.8, 4) is 5.75 Å². The molecule has 8 nitrogen and oxygen atoms in total. The van der Waals surface area contributed by atoms with Crippen LogP contribution in [0.2, 0.25) is 0 Å². The second-order valence-electron chi connectivity index (χ2n) is 7.29. The Morgan fingerprint density at radius 3 is 2.75 bits per heavy atom. The topological polar surface area (TPSA) is 110 Å². The van der Waals surface area contributed by atoms with E-state index in [1.807, 2.05) is 0 Å². The van der Waals surface area contributed by atoms with Crippen molar-refractivity contribution in [2.45, 2.75) is 57.2 Å². The Kier molecular flexibility index (Phi) is 5.43. The van der Waals surface area contributed by atoms with Gasteiger partial charge in [0.15, 0.2) is 11.6 Å². The van der Waals surface area contributed by atoms with Crippen molar-refractivity contribution in [2.75, 3.05) is 22.9 Å². The number of ether oxygens (including phenoxy) is 1. The van der Waals surface area contributed by atoms with E-state index in [0.29, 0.717) is 17.7 Å². The van der Waals surface area contributed by atoms with E-state index in [4.69, 9.17) is 10.5 Å². The predicted molar refractivity (Wildman–Crippen MR) is 106 cm³/mol. The van der Waals surface area contributed by atoms with Crippen LogP contribution in [0.4, 0.5) is 27.9 Å². The lowest BCUT2D eigenvalue weighted by Gasteiger charge is -2.23. The van der Waals surface area contributed by atoms with Crippen LogP contribution < -0.4 is 26.4 Å². The Bertz CT molecular complexity index is 824. The number of benzene rings is 1. The molecule has 1 saturated heterocycles. The molecule has 1 saturated carbocycles. The Morgan fingerprint density at radius 2 is 2.07 bits per heavy atom. The van der Waals surface area contributed by atoms with Gasteiger partial charge in [0, 0.05) is 23.8 Å². The molecule has 1 aliphatic heterocycles. The number of rotatable bonds is 8. The maximum atomic E-state index is 14.2. The van der Waals surface area contributed by atoms with E-state index in [1.165, 1.54) is 12.5 Å². The van der Waals surface area contributed by atoms with Gasteiger partial charge in [0.1, 0.15) is 0 Å². The molecule has 9 heteroatoms. The first-order chi connectivity index (χ1) is 13.6. The molecule has 2 atom stereocenters. The van der Waals surface area contributed by atoms with Crippen molar-refractivity contribution >= 4 is 23.5 Å². The van der Waals surface area contributed by atoms with Crippen LogP contribution in [0.1, 0.15) is 39.0 Å². The van der Waals surface area contributed by atoms with E-state index in [-0.39, 0.29) is 29.8 Å². The maximum absolute atomic E-state index is 14.2. The zero-order valence-electron chi connectivity index (χ0n) is 15.9. The second kappa shape index (κ2) is 8.14. The van der Waals surface area contributed by atoms with E-state index >= 15 is 0 Å². The van der Waals surface area contributed by atoms with Crippen molar-refractivity contribution < 1.29 is 9.13 Å². The summed E-state index contributed by atoms with van der Waals surface area (Å²) in [6, 6.07) is 5.28. The van der Waals surface area contributed by atoms with Gasteiger partial charge in [-0.05, 0) is 50.8 Å². The van der Waals surface area contributed by atoms with Crippen molar-refractivity contribution in [3.05, 3.63) is 24.0 Å². The van der Waals surface area contributed by atoms with Crippen LogP contribution in [-0.2, 0) is 0 Å². The fourth-order valence-electron chi connectivity index (χ4n) is 3.39. The number of nitrogens with one attached hydrogen (secondary N) is 3. The zero-order chi connectivity index (χ0) is 19.5. The Morgan fingerprint density at radius 1 is 1.25 bits per heavy atom. The molecule has 0 spiro atoms. The van der Waals surface area contributed by atoms with Crippen LogP contribution in [-0.4, -0.2) is 39.7 Å². The second-order valence-corrected chi connectivity index (χ2v) is 7.29. The average Bonchev–Trinajstić information content (AvgIpc) is 3.31. The van der Waals surface area contributed by atoms with Gasteiger partial charge in [0.25, 0.3) is 0 Å². The average molecular weight is 387 g/mol. The predicted octanol–water partition coefficient (Wildman–Crippen LogP) is 2.82. The number of nitrogens with zero attached hydrogens (tertiary/aromatic N) is 3. The summed E-state index contributed by atoms with van der Waals surface area (Å²) in [5.74, 6) is 0.614. The number of aromatic nitrogens is 3. The monoisotopic (exact) mass is 387 g/mol. The van der Waals surface area contributed by atoms with Gasteiger partial charge >= 0.3 is 0 Å². The van der Waals surface area contributed by atoms with E-state index in [1.54, 1.807) is 12.1 Å². The third-order valence-corrected chi connectivity index (χ3v) is 5.00. The molecule has 1 aromatic carbocycles. The Hall–Kier alpha value is -2.68. The van der Waals surface area contributed by atoms with Crippen LogP contribution in [0.3, 0.4) is 0 Å². The molecule has 2 aromatic rings. The normalized spacial score (nSPS) is 20.0. The van der Waals surface area contributed by atoms with Crippen LogP contribution >= 0.6 is 0 Å². The minimum absolute atomic E-state index is 0.100. The van der Waals surface area contributed by atoms with E-state index in [9.17, 15) is 4.39 Å². The Balaban J connectivity index is 1.46. The minimum atomic E-state index is -0.421. The third kappa shape index (κ3) is 4.59. The van der Waals surface area contributed by atoms with Gasteiger partial charge in [-0.2, -0.15) is 15.0 Å². The molecule has 2 heterocycles. The lowest BCUT2D eigenvalue weighted by molar-refractivity contribution is 0.287. The Labute approximate surface area is 163 Å². The van der Waals surface area contributed by atoms with Gasteiger partial charge in [0.05, 0.1) is 6.10 Å². The zero-order valence-corrected chi connectivity index (χ0v) is 15.9. The SMILES string of the molecule is CCC(Nc1nc(N)nc(Nc2ccc(OC3CC3)c(F)c2)n1)C1CCCN1. The van der Waals surface area contributed by atoms with Crippen LogP contribution in [0.5, 0.6) is 5.75 Å². The molecule has 2 aliphatic rings. The number of nitrogen functional groups attached to an aromatic ring is 1. The molecular formula is C19H26FN7O. The van der Waals surface area contributed by atoms with Crippen LogP contribution in [0.25, 0.3) is 0 Å². The lowest BCUT2D eigenvalue weighted by atomic mass is 10.0. The van der Waals surface area contributed by atoms with Gasteiger partial charge in [0.2, 0.25) is 17.8 Å². The molecule has 0 bridgehead atoms. The summed E-state index contributed by atoms with van der Waals surface area (Å²) >= 11 is 0. The molecular weight excluding hydrogens is 361 g/mol. The molecule has 1 aromatic heterocycles. The first-order valence-electron chi connectivity index (χ1n) is 9.85. The van der Waals surface area contributed by atoms with Gasteiger partial charge in [-0.25, -0.2) is 4.39 Å². The van der Waals surface area contributed by atoms with Gasteiger partial charge in [-0.15, -0.1) is 0 Å². The first kappa shape index (κ1) is 18.7. The van der Waals surface area contributed by atoms with Crippen LogP contribution in [0, 0.1) is 5.82 Å². The number of halogens is 1. The summed E-state index contributed by atoms with van der Waals surface area (Å²) < 4.78 is 19.8. The number of hydrogen-bond donors (Lipinski definition) is 4. The summed E-state index contributed by atoms with van der Waals surface area (Å²) in [5, 5.41) is 9.83. The number of anilines is 4. The highest BCUT2D eigenvalue weighted by Crippen LogP contribution is 2.30. The molecule has 4 rings (SSSR count). The minimum Gasteiger partial charge on any atom is -0.487 e. The highest BCUT2D eigenvalue weighted by Gasteiger charge is 2.25. The molecule has 2 fully saturated rings. The summed E-state index contributed by atoms with van der Waals surface area (Å²) in [7, 11) is 0. The van der Waals surface area contributed by atoms with E-state index < -0.39 is 5.82 Å². The van der Waals surface area contributed by atoms with Crippen molar-refractivity contribution in [1.29, 1.82) is 0 Å². The first-order valence-corrected chi connectivity index (χ1v) is 9.85. The quantitative estimate of drug-likeness (QED) is 0.547. The third-order valence-electron chi connectivity index (χ3n) is 5.00. The molecule has 5 N–H and O–H groups in total. The summed E-state index contributed by atoms with van der Waals surface area (Å²) in [5.41, 5.74) is 6.36. The molecule has 150 valence electrons. The van der Waals surface area contributed by atoms with Gasteiger partial charge in [-0.3, -0.25) is 0 Å². The number of hydrogen-bond acceptors (Lipinski definition) is 8. The van der Waals surface area contributed by atoms with Crippen LogP contribution in [0.15, 0.2) is 18.2 Å². The molecule has 0 radical (unpaired) electrons.